The lowest BCUT2D eigenvalue weighted by molar-refractivity contribution is -0.142. The third-order valence-corrected chi connectivity index (χ3v) is 4.24. The molecular weight excluding hydrogens is 272 g/mol. The second-order valence-electron chi connectivity index (χ2n) is 5.76. The summed E-state index contributed by atoms with van der Waals surface area (Å²) in [6, 6.07) is -0.598. The largest absolute Gasteiger partial charge is 0.378 e. The summed E-state index contributed by atoms with van der Waals surface area (Å²) < 4.78 is 5.27. The van der Waals surface area contributed by atoms with Gasteiger partial charge in [-0.25, -0.2) is 0 Å². The molecule has 21 heavy (non-hydrogen) atoms. The SMILES string of the molecule is CC(C(=O)N1CCOCC1)N1CCN(C(=O)[C@@H](C)N)CC1. The van der Waals surface area contributed by atoms with Crippen molar-refractivity contribution in [2.24, 2.45) is 5.73 Å². The summed E-state index contributed by atoms with van der Waals surface area (Å²) in [4.78, 5) is 30.1. The molecule has 2 atom stereocenters. The molecule has 2 aliphatic rings. The van der Waals surface area contributed by atoms with Crippen LogP contribution >= 0.6 is 0 Å². The van der Waals surface area contributed by atoms with Crippen LogP contribution in [0.15, 0.2) is 0 Å². The molecule has 0 aliphatic carbocycles. The Morgan fingerprint density at radius 3 is 1.95 bits per heavy atom. The van der Waals surface area contributed by atoms with Crippen LogP contribution in [-0.2, 0) is 14.3 Å². The van der Waals surface area contributed by atoms with Crippen molar-refractivity contribution >= 4 is 11.8 Å². The molecule has 0 bridgehead atoms. The van der Waals surface area contributed by atoms with E-state index < -0.39 is 6.04 Å². The number of rotatable bonds is 3. The lowest BCUT2D eigenvalue weighted by atomic mass is 10.2. The summed E-state index contributed by atoms with van der Waals surface area (Å²) in [6.07, 6.45) is 0. The van der Waals surface area contributed by atoms with Crippen molar-refractivity contribution in [2.45, 2.75) is 25.9 Å². The number of hydrogen-bond donors (Lipinski definition) is 1. The van der Waals surface area contributed by atoms with Crippen molar-refractivity contribution < 1.29 is 14.3 Å². The molecule has 2 aliphatic heterocycles. The fourth-order valence-corrected chi connectivity index (χ4v) is 2.82. The molecule has 2 fully saturated rings. The van der Waals surface area contributed by atoms with E-state index in [0.29, 0.717) is 39.4 Å². The number of hydrogen-bond acceptors (Lipinski definition) is 5. The Bertz CT molecular complexity index is 374. The molecule has 2 heterocycles. The van der Waals surface area contributed by atoms with E-state index in [0.717, 1.165) is 13.1 Å². The van der Waals surface area contributed by atoms with Crippen LogP contribution < -0.4 is 5.73 Å². The molecule has 0 spiro atoms. The minimum Gasteiger partial charge on any atom is -0.378 e. The van der Waals surface area contributed by atoms with Gasteiger partial charge < -0.3 is 20.3 Å². The second kappa shape index (κ2) is 7.20. The normalized spacial score (nSPS) is 23.8. The van der Waals surface area contributed by atoms with Gasteiger partial charge in [0.2, 0.25) is 11.8 Å². The highest BCUT2D eigenvalue weighted by atomic mass is 16.5. The first-order valence-corrected chi connectivity index (χ1v) is 7.65. The summed E-state index contributed by atoms with van der Waals surface area (Å²) in [6.45, 7) is 8.95. The maximum atomic E-state index is 12.4. The van der Waals surface area contributed by atoms with Crippen molar-refractivity contribution in [3.63, 3.8) is 0 Å². The van der Waals surface area contributed by atoms with Gasteiger partial charge in [0.25, 0.3) is 0 Å². The predicted molar refractivity (Wildman–Crippen MR) is 78.7 cm³/mol. The van der Waals surface area contributed by atoms with E-state index in [1.807, 2.05) is 11.8 Å². The van der Waals surface area contributed by atoms with Gasteiger partial charge in [0.1, 0.15) is 0 Å². The lowest BCUT2D eigenvalue weighted by Gasteiger charge is -2.40. The maximum Gasteiger partial charge on any atom is 0.239 e. The number of piperazine rings is 1. The molecule has 0 radical (unpaired) electrons. The number of nitrogens with two attached hydrogens (primary N) is 1. The van der Waals surface area contributed by atoms with Gasteiger partial charge in [-0.1, -0.05) is 0 Å². The zero-order valence-corrected chi connectivity index (χ0v) is 13.0. The Kier molecular flexibility index (Phi) is 5.55. The van der Waals surface area contributed by atoms with Gasteiger partial charge >= 0.3 is 0 Å². The van der Waals surface area contributed by atoms with E-state index in [2.05, 4.69) is 4.90 Å². The van der Waals surface area contributed by atoms with Crippen molar-refractivity contribution in [3.05, 3.63) is 0 Å². The van der Waals surface area contributed by atoms with Gasteiger partial charge in [0, 0.05) is 39.3 Å². The van der Waals surface area contributed by atoms with E-state index in [9.17, 15) is 9.59 Å². The molecule has 2 saturated heterocycles. The Labute approximate surface area is 126 Å². The minimum absolute atomic E-state index is 0.0122. The Balaban J connectivity index is 1.83. The molecule has 120 valence electrons. The topological polar surface area (TPSA) is 79.1 Å². The van der Waals surface area contributed by atoms with E-state index in [4.69, 9.17) is 10.5 Å². The average Bonchev–Trinajstić information content (AvgIpc) is 2.53. The molecule has 2 amide bonds. The van der Waals surface area contributed by atoms with Crippen LogP contribution in [0.4, 0.5) is 0 Å². The third kappa shape index (κ3) is 3.93. The minimum atomic E-state index is -0.455. The monoisotopic (exact) mass is 298 g/mol. The van der Waals surface area contributed by atoms with E-state index in [1.165, 1.54) is 0 Å². The van der Waals surface area contributed by atoms with E-state index in [-0.39, 0.29) is 17.9 Å². The molecule has 0 aromatic rings. The summed E-state index contributed by atoms with van der Waals surface area (Å²) in [5, 5.41) is 0. The fourth-order valence-electron chi connectivity index (χ4n) is 2.82. The molecule has 0 aromatic carbocycles. The number of nitrogens with zero attached hydrogens (tertiary/aromatic N) is 3. The number of morpholine rings is 1. The van der Waals surface area contributed by atoms with Crippen molar-refractivity contribution in [3.8, 4) is 0 Å². The molecule has 1 unspecified atom stereocenters. The summed E-state index contributed by atoms with van der Waals surface area (Å²) >= 11 is 0. The molecule has 0 saturated carbocycles. The highest BCUT2D eigenvalue weighted by molar-refractivity contribution is 5.82. The van der Waals surface area contributed by atoms with Gasteiger partial charge in [0.05, 0.1) is 25.3 Å². The number of amides is 2. The predicted octanol–water partition coefficient (Wildman–Crippen LogP) is -1.27. The van der Waals surface area contributed by atoms with E-state index in [1.54, 1.807) is 11.8 Å². The highest BCUT2D eigenvalue weighted by Gasteiger charge is 2.31. The van der Waals surface area contributed by atoms with Crippen LogP contribution in [0.2, 0.25) is 0 Å². The van der Waals surface area contributed by atoms with Crippen molar-refractivity contribution in [1.29, 1.82) is 0 Å². The first kappa shape index (κ1) is 16.2. The zero-order chi connectivity index (χ0) is 15.4. The van der Waals surface area contributed by atoms with E-state index >= 15 is 0 Å². The van der Waals surface area contributed by atoms with Crippen LogP contribution in [0, 0.1) is 0 Å². The third-order valence-electron chi connectivity index (χ3n) is 4.24. The smallest absolute Gasteiger partial charge is 0.239 e. The van der Waals surface area contributed by atoms with Gasteiger partial charge in [-0.2, -0.15) is 0 Å². The van der Waals surface area contributed by atoms with Crippen LogP contribution in [0.3, 0.4) is 0 Å². The van der Waals surface area contributed by atoms with Gasteiger partial charge in [-0.05, 0) is 13.8 Å². The molecule has 2 rings (SSSR count). The summed E-state index contributed by atoms with van der Waals surface area (Å²) in [5.74, 6) is 0.145. The number of carbonyl (C=O) groups excluding carboxylic acids is 2. The first-order chi connectivity index (χ1) is 10.0. The average molecular weight is 298 g/mol. The highest BCUT2D eigenvalue weighted by Crippen LogP contribution is 2.11. The van der Waals surface area contributed by atoms with Gasteiger partial charge in [-0.15, -0.1) is 0 Å². The summed E-state index contributed by atoms with van der Waals surface area (Å²) in [7, 11) is 0. The molecular formula is C14H26N4O3. The zero-order valence-electron chi connectivity index (χ0n) is 13.0. The Morgan fingerprint density at radius 1 is 0.905 bits per heavy atom. The first-order valence-electron chi connectivity index (χ1n) is 7.65. The van der Waals surface area contributed by atoms with Crippen LogP contribution in [0.1, 0.15) is 13.8 Å². The summed E-state index contributed by atoms with van der Waals surface area (Å²) in [5.41, 5.74) is 5.63. The molecule has 7 nitrogen and oxygen atoms in total. The lowest BCUT2D eigenvalue weighted by Crippen LogP contribution is -2.58. The Morgan fingerprint density at radius 2 is 1.43 bits per heavy atom. The molecule has 0 aromatic heterocycles. The number of ether oxygens (including phenoxy) is 1. The van der Waals surface area contributed by atoms with Crippen LogP contribution in [0.5, 0.6) is 0 Å². The van der Waals surface area contributed by atoms with Gasteiger partial charge in [0.15, 0.2) is 0 Å². The van der Waals surface area contributed by atoms with Crippen LogP contribution in [0.25, 0.3) is 0 Å². The van der Waals surface area contributed by atoms with Crippen molar-refractivity contribution in [2.75, 3.05) is 52.5 Å². The standard InChI is InChI=1S/C14H26N4O3/c1-11(15)13(19)17-5-3-16(4-6-17)12(2)14(20)18-7-9-21-10-8-18/h11-12H,3-10,15H2,1-2H3/t11-,12?/m1/s1. The number of carbonyl (C=O) groups is 2. The van der Waals surface area contributed by atoms with Crippen LogP contribution in [-0.4, -0.2) is 91.1 Å². The Hall–Kier alpha value is -1.18. The molecule has 7 heteroatoms. The fraction of sp³-hybridized carbons (Fsp3) is 0.857. The van der Waals surface area contributed by atoms with Gasteiger partial charge in [-0.3, -0.25) is 14.5 Å². The molecule has 2 N–H and O–H groups in total. The van der Waals surface area contributed by atoms with Crippen molar-refractivity contribution in [1.82, 2.24) is 14.7 Å². The quantitative estimate of drug-likeness (QED) is 0.702. The maximum absolute atomic E-state index is 12.4. The second-order valence-corrected chi connectivity index (χ2v) is 5.76.